The van der Waals surface area contributed by atoms with Crippen LogP contribution in [0.3, 0.4) is 0 Å². The maximum atomic E-state index is 12.5. The maximum absolute atomic E-state index is 12.5. The number of aromatic nitrogens is 1. The fraction of sp³-hybridized carbons (Fsp3) is 0.381. The minimum Gasteiger partial charge on any atom is -0.456 e. The largest absolute Gasteiger partial charge is 0.456 e. The zero-order valence-corrected chi connectivity index (χ0v) is 17.6. The van der Waals surface area contributed by atoms with E-state index >= 15 is 0 Å². The third-order valence-corrected chi connectivity index (χ3v) is 5.32. The van der Waals surface area contributed by atoms with Crippen LogP contribution in [0.5, 0.6) is 0 Å². The number of nitriles is 1. The van der Waals surface area contributed by atoms with Gasteiger partial charge >= 0.3 is 5.97 Å². The van der Waals surface area contributed by atoms with E-state index in [2.05, 4.69) is 10.3 Å². The molecule has 2 rings (SSSR count). The second-order valence-corrected chi connectivity index (χ2v) is 7.86. The summed E-state index contributed by atoms with van der Waals surface area (Å²) in [7, 11) is 0. The predicted molar refractivity (Wildman–Crippen MR) is 108 cm³/mol. The van der Waals surface area contributed by atoms with Crippen LogP contribution in [0.1, 0.15) is 46.4 Å². The molecule has 2 atom stereocenters. The number of benzene rings is 1. The highest BCUT2D eigenvalue weighted by Crippen LogP contribution is 2.21. The van der Waals surface area contributed by atoms with E-state index in [0.29, 0.717) is 16.3 Å². The van der Waals surface area contributed by atoms with Crippen LogP contribution >= 0.6 is 11.3 Å². The molecule has 29 heavy (non-hydrogen) atoms. The lowest BCUT2D eigenvalue weighted by atomic mass is 10.0. The van der Waals surface area contributed by atoms with Crippen molar-refractivity contribution in [3.63, 3.8) is 0 Å². The fourth-order valence-corrected chi connectivity index (χ4v) is 3.49. The van der Waals surface area contributed by atoms with E-state index < -0.39 is 36.2 Å². The lowest BCUT2D eigenvalue weighted by molar-refractivity contribution is -0.151. The molecule has 0 radical (unpaired) electrons. The normalized spacial score (nSPS) is 12.7. The smallest absolute Gasteiger partial charge is 0.329 e. The van der Waals surface area contributed by atoms with Gasteiger partial charge in [-0.3, -0.25) is 9.59 Å². The number of Topliss-reactive ketones (excluding diaryl/α,β-unsaturated/α-hetero) is 1. The lowest BCUT2D eigenvalue weighted by Gasteiger charge is -2.21. The van der Waals surface area contributed by atoms with Gasteiger partial charge in [-0.25, -0.2) is 9.78 Å². The Balaban J connectivity index is 2.02. The van der Waals surface area contributed by atoms with Crippen LogP contribution in [-0.4, -0.2) is 35.3 Å². The van der Waals surface area contributed by atoms with Crippen molar-refractivity contribution in [1.82, 2.24) is 10.3 Å². The molecule has 0 spiro atoms. The summed E-state index contributed by atoms with van der Waals surface area (Å²) < 4.78 is 5.13. The molecule has 0 saturated heterocycles. The highest BCUT2D eigenvalue weighted by atomic mass is 32.1. The van der Waals surface area contributed by atoms with Crippen molar-refractivity contribution in [2.24, 2.45) is 5.92 Å². The van der Waals surface area contributed by atoms with E-state index in [1.165, 1.54) is 11.3 Å². The van der Waals surface area contributed by atoms with E-state index in [-0.39, 0.29) is 5.92 Å². The van der Waals surface area contributed by atoms with Crippen molar-refractivity contribution in [2.75, 3.05) is 6.61 Å². The quantitative estimate of drug-likeness (QED) is 0.667. The molecule has 0 fully saturated rings. The van der Waals surface area contributed by atoms with Crippen LogP contribution in [0.2, 0.25) is 0 Å². The molecular weight excluding hydrogens is 390 g/mol. The number of ketones is 1. The van der Waals surface area contributed by atoms with Gasteiger partial charge in [0.15, 0.2) is 18.3 Å². The Morgan fingerprint density at radius 3 is 2.48 bits per heavy atom. The molecule has 1 aromatic heterocycles. The lowest BCUT2D eigenvalue weighted by Crippen LogP contribution is -2.46. The molecule has 1 heterocycles. The molecule has 152 valence electrons. The Kier molecular flexibility index (Phi) is 7.62. The summed E-state index contributed by atoms with van der Waals surface area (Å²) in [4.78, 5) is 41.5. The summed E-state index contributed by atoms with van der Waals surface area (Å²) in [5.74, 6) is -3.00. The molecule has 0 unspecified atom stereocenters. The van der Waals surface area contributed by atoms with Crippen LogP contribution in [-0.2, 0) is 14.3 Å². The fourth-order valence-electron chi connectivity index (χ4n) is 2.63. The van der Waals surface area contributed by atoms with Gasteiger partial charge in [0, 0.05) is 16.6 Å². The average Bonchev–Trinajstić information content (AvgIpc) is 3.10. The number of esters is 1. The van der Waals surface area contributed by atoms with Crippen molar-refractivity contribution >= 4 is 29.0 Å². The Bertz CT molecular complexity index is 945. The van der Waals surface area contributed by atoms with Crippen molar-refractivity contribution in [1.29, 1.82) is 5.26 Å². The number of rotatable bonds is 8. The predicted octanol–water partition coefficient (Wildman–Crippen LogP) is 2.93. The van der Waals surface area contributed by atoms with E-state index in [1.54, 1.807) is 51.3 Å². The van der Waals surface area contributed by atoms with Crippen molar-refractivity contribution < 1.29 is 19.1 Å². The Morgan fingerprint density at radius 1 is 1.24 bits per heavy atom. The second-order valence-electron chi connectivity index (χ2n) is 6.97. The van der Waals surface area contributed by atoms with E-state index in [1.807, 2.05) is 12.1 Å². The number of aryl methyl sites for hydroxylation is 2. The molecule has 0 aliphatic carbocycles. The molecule has 0 saturated carbocycles. The standard InChI is InChI=1S/C21H23N3O4S/c1-12(2)18(24-19(26)15-8-6-5-7-13(15)3)21(27)28-10-17(25)16(9-22)20-23-14(4)11-29-20/h5-8,11-12,16,18H,10H2,1-4H3,(H,24,26)/t16-,18-/m0/s1. The highest BCUT2D eigenvalue weighted by Gasteiger charge is 2.29. The van der Waals surface area contributed by atoms with E-state index in [4.69, 9.17) is 4.74 Å². The van der Waals surface area contributed by atoms with Crippen molar-refractivity contribution in [3.8, 4) is 6.07 Å². The van der Waals surface area contributed by atoms with Gasteiger partial charge in [0.1, 0.15) is 11.0 Å². The monoisotopic (exact) mass is 413 g/mol. The number of nitrogens with zero attached hydrogens (tertiary/aromatic N) is 2. The van der Waals surface area contributed by atoms with Gasteiger partial charge < -0.3 is 10.1 Å². The number of nitrogens with one attached hydrogen (secondary N) is 1. The summed E-state index contributed by atoms with van der Waals surface area (Å²) in [6, 6.07) is 8.02. The molecule has 0 bridgehead atoms. The maximum Gasteiger partial charge on any atom is 0.329 e. The van der Waals surface area contributed by atoms with Gasteiger partial charge in [0.05, 0.1) is 6.07 Å². The molecule has 7 nitrogen and oxygen atoms in total. The van der Waals surface area contributed by atoms with Crippen LogP contribution in [0.4, 0.5) is 0 Å². The van der Waals surface area contributed by atoms with E-state index in [9.17, 15) is 19.6 Å². The van der Waals surface area contributed by atoms with Gasteiger partial charge in [0.25, 0.3) is 5.91 Å². The number of carbonyl (C=O) groups excluding carboxylic acids is 3. The van der Waals surface area contributed by atoms with Gasteiger partial charge in [-0.2, -0.15) is 5.26 Å². The summed E-state index contributed by atoms with van der Waals surface area (Å²) in [6.07, 6.45) is 0. The average molecular weight is 413 g/mol. The first-order chi connectivity index (χ1) is 13.7. The van der Waals surface area contributed by atoms with Crippen molar-refractivity contribution in [3.05, 3.63) is 51.5 Å². The van der Waals surface area contributed by atoms with Crippen LogP contribution in [0.25, 0.3) is 0 Å². The first-order valence-corrected chi connectivity index (χ1v) is 10.00. The summed E-state index contributed by atoms with van der Waals surface area (Å²) in [6.45, 7) is 6.55. The SMILES string of the molecule is Cc1csc([C@@H](C#N)C(=O)COC(=O)[C@@H](NC(=O)c2ccccc2C)C(C)C)n1. The van der Waals surface area contributed by atoms with Gasteiger partial charge in [-0.15, -0.1) is 11.3 Å². The first kappa shape index (κ1) is 22.2. The number of carbonyl (C=O) groups is 3. The molecule has 1 aromatic carbocycles. The molecule has 0 aliphatic rings. The van der Waals surface area contributed by atoms with Crippen LogP contribution < -0.4 is 5.32 Å². The topological polar surface area (TPSA) is 109 Å². The molecule has 0 aliphatic heterocycles. The first-order valence-electron chi connectivity index (χ1n) is 9.12. The summed E-state index contributed by atoms with van der Waals surface area (Å²) in [5, 5.41) is 14.1. The number of thiazole rings is 1. The van der Waals surface area contributed by atoms with Gasteiger partial charge in [0.2, 0.25) is 0 Å². The number of hydrogen-bond acceptors (Lipinski definition) is 7. The van der Waals surface area contributed by atoms with Crippen molar-refractivity contribution in [2.45, 2.75) is 39.7 Å². The number of amides is 1. The molecule has 1 amide bonds. The van der Waals surface area contributed by atoms with Crippen LogP contribution in [0.15, 0.2) is 29.6 Å². The highest BCUT2D eigenvalue weighted by molar-refractivity contribution is 7.09. The summed E-state index contributed by atoms with van der Waals surface area (Å²) >= 11 is 1.21. The van der Waals surface area contributed by atoms with Crippen LogP contribution in [0, 0.1) is 31.1 Å². The summed E-state index contributed by atoms with van der Waals surface area (Å²) in [5.41, 5.74) is 1.96. The molecule has 8 heteroatoms. The third-order valence-electron chi connectivity index (χ3n) is 4.29. The van der Waals surface area contributed by atoms with E-state index in [0.717, 1.165) is 5.56 Å². The molecule has 1 N–H and O–H groups in total. The number of ether oxygens (including phenoxy) is 1. The number of hydrogen-bond donors (Lipinski definition) is 1. The Hall–Kier alpha value is -3.05. The third kappa shape index (κ3) is 5.72. The minimum atomic E-state index is -1.08. The van der Waals surface area contributed by atoms with Gasteiger partial charge in [-0.1, -0.05) is 32.0 Å². The molecule has 2 aromatic rings. The van der Waals surface area contributed by atoms with Gasteiger partial charge in [-0.05, 0) is 31.4 Å². The zero-order valence-electron chi connectivity index (χ0n) is 16.8. The second kappa shape index (κ2) is 9.94. The zero-order chi connectivity index (χ0) is 21.6. The molecular formula is C21H23N3O4S. The minimum absolute atomic E-state index is 0.251. The Morgan fingerprint density at radius 2 is 1.93 bits per heavy atom. The Labute approximate surface area is 173 Å².